The van der Waals surface area contributed by atoms with Gasteiger partial charge in [-0.25, -0.2) is 13.1 Å². The number of carbonyl (C=O) groups is 1. The number of benzene rings is 3. The van der Waals surface area contributed by atoms with Crippen molar-refractivity contribution >= 4 is 33.2 Å². The van der Waals surface area contributed by atoms with Gasteiger partial charge in [-0.1, -0.05) is 29.8 Å². The van der Waals surface area contributed by atoms with E-state index in [-0.39, 0.29) is 17.3 Å². The first-order chi connectivity index (χ1) is 14.4. The molecule has 0 aliphatic rings. The highest BCUT2D eigenvalue weighted by molar-refractivity contribution is 7.89. The number of sulfonamides is 1. The highest BCUT2D eigenvalue weighted by Gasteiger charge is 2.14. The Hall–Kier alpha value is -2.87. The summed E-state index contributed by atoms with van der Waals surface area (Å²) in [5.74, 6) is 0.477. The highest BCUT2D eigenvalue weighted by Crippen LogP contribution is 2.18. The van der Waals surface area contributed by atoms with E-state index in [1.807, 2.05) is 6.92 Å². The van der Waals surface area contributed by atoms with E-state index in [0.717, 1.165) is 11.3 Å². The number of hydrogen-bond acceptors (Lipinski definition) is 4. The molecule has 0 saturated heterocycles. The van der Waals surface area contributed by atoms with Gasteiger partial charge in [-0.3, -0.25) is 4.79 Å². The maximum Gasteiger partial charge on any atom is 0.255 e. The minimum atomic E-state index is -3.68. The van der Waals surface area contributed by atoms with Crippen molar-refractivity contribution in [3.63, 3.8) is 0 Å². The van der Waals surface area contributed by atoms with Crippen LogP contribution in [0.3, 0.4) is 0 Å². The summed E-state index contributed by atoms with van der Waals surface area (Å²) in [4.78, 5) is 12.5. The Kier molecular flexibility index (Phi) is 7.10. The zero-order chi connectivity index (χ0) is 21.6. The van der Waals surface area contributed by atoms with Crippen molar-refractivity contribution in [3.05, 3.63) is 88.9 Å². The van der Waals surface area contributed by atoms with Crippen LogP contribution >= 0.6 is 11.6 Å². The first-order valence-corrected chi connectivity index (χ1v) is 11.1. The van der Waals surface area contributed by atoms with Crippen LogP contribution in [0, 0.1) is 0 Å². The fraction of sp³-hybridized carbons (Fsp3) is 0.136. The summed E-state index contributed by atoms with van der Waals surface area (Å²) >= 11 is 5.86. The zero-order valence-electron chi connectivity index (χ0n) is 16.3. The molecular weight excluding hydrogens is 424 g/mol. The summed E-state index contributed by atoms with van der Waals surface area (Å²) in [6.07, 6.45) is 0. The van der Waals surface area contributed by atoms with Crippen molar-refractivity contribution in [2.75, 3.05) is 11.9 Å². The second-order valence-electron chi connectivity index (χ2n) is 6.39. The van der Waals surface area contributed by atoms with Crippen LogP contribution in [0.4, 0.5) is 5.69 Å². The molecule has 0 unspecified atom stereocenters. The van der Waals surface area contributed by atoms with E-state index in [0.29, 0.717) is 22.9 Å². The van der Waals surface area contributed by atoms with E-state index in [1.54, 1.807) is 60.7 Å². The molecule has 6 nitrogen and oxygen atoms in total. The molecule has 0 radical (unpaired) electrons. The predicted molar refractivity (Wildman–Crippen MR) is 117 cm³/mol. The molecule has 0 aliphatic heterocycles. The summed E-state index contributed by atoms with van der Waals surface area (Å²) in [7, 11) is -3.68. The summed E-state index contributed by atoms with van der Waals surface area (Å²) in [6.45, 7) is 2.57. The number of ether oxygens (including phenoxy) is 1. The molecular formula is C22H21ClN2O4S. The Morgan fingerprint density at radius 3 is 2.33 bits per heavy atom. The maximum absolute atomic E-state index is 12.4. The molecule has 2 N–H and O–H groups in total. The number of carbonyl (C=O) groups excluding carboxylic acids is 1. The molecule has 0 spiro atoms. The van der Waals surface area contributed by atoms with Crippen LogP contribution in [0.25, 0.3) is 0 Å². The van der Waals surface area contributed by atoms with E-state index in [1.165, 1.54) is 12.1 Å². The van der Waals surface area contributed by atoms with Gasteiger partial charge in [0.1, 0.15) is 5.75 Å². The summed E-state index contributed by atoms with van der Waals surface area (Å²) < 4.78 is 32.6. The van der Waals surface area contributed by atoms with Gasteiger partial charge in [0.25, 0.3) is 5.91 Å². The molecule has 0 bridgehead atoms. The molecule has 0 aliphatic carbocycles. The fourth-order valence-corrected chi connectivity index (χ4v) is 3.99. The largest absolute Gasteiger partial charge is 0.494 e. The van der Waals surface area contributed by atoms with Crippen molar-refractivity contribution < 1.29 is 17.9 Å². The van der Waals surface area contributed by atoms with Crippen LogP contribution in [-0.4, -0.2) is 20.9 Å². The number of nitrogens with one attached hydrogen (secondary N) is 2. The van der Waals surface area contributed by atoms with Gasteiger partial charge in [0.2, 0.25) is 10.0 Å². The Morgan fingerprint density at radius 1 is 1.00 bits per heavy atom. The smallest absolute Gasteiger partial charge is 0.255 e. The minimum Gasteiger partial charge on any atom is -0.494 e. The molecule has 0 heterocycles. The number of anilines is 1. The van der Waals surface area contributed by atoms with Gasteiger partial charge in [-0.15, -0.1) is 0 Å². The third-order valence-electron chi connectivity index (χ3n) is 4.21. The lowest BCUT2D eigenvalue weighted by molar-refractivity contribution is 0.102. The van der Waals surface area contributed by atoms with Crippen LogP contribution in [0.5, 0.6) is 5.75 Å². The first kappa shape index (κ1) is 21.8. The molecule has 3 rings (SSSR count). The number of halogens is 1. The molecule has 1 amide bonds. The Labute approximate surface area is 180 Å². The van der Waals surface area contributed by atoms with Gasteiger partial charge in [-0.05, 0) is 67.1 Å². The van der Waals surface area contributed by atoms with Gasteiger partial charge in [0, 0.05) is 22.8 Å². The van der Waals surface area contributed by atoms with Gasteiger partial charge >= 0.3 is 0 Å². The van der Waals surface area contributed by atoms with Crippen molar-refractivity contribution in [1.82, 2.24) is 4.72 Å². The average Bonchev–Trinajstić information content (AvgIpc) is 2.74. The third kappa shape index (κ3) is 5.82. The maximum atomic E-state index is 12.4. The van der Waals surface area contributed by atoms with Gasteiger partial charge in [0.05, 0.1) is 11.5 Å². The van der Waals surface area contributed by atoms with E-state index >= 15 is 0 Å². The summed E-state index contributed by atoms with van der Waals surface area (Å²) in [5.41, 5.74) is 1.84. The number of amides is 1. The van der Waals surface area contributed by atoms with Crippen molar-refractivity contribution in [2.24, 2.45) is 0 Å². The predicted octanol–water partition coefficient (Wildman–Crippen LogP) is 4.47. The first-order valence-electron chi connectivity index (χ1n) is 9.26. The van der Waals surface area contributed by atoms with E-state index in [2.05, 4.69) is 10.0 Å². The standard InChI is InChI=1S/C22H21ClN2O4S/c1-2-29-20-12-10-19(11-13-20)25-22(26)17-8-6-16(7-9-17)15-24-30(27,28)21-5-3-4-18(23)14-21/h3-14,24H,2,15H2,1H3,(H,25,26). The molecule has 3 aromatic rings. The quantitative estimate of drug-likeness (QED) is 0.536. The van der Waals surface area contributed by atoms with Gasteiger partial charge < -0.3 is 10.1 Å². The number of hydrogen-bond donors (Lipinski definition) is 2. The second-order valence-corrected chi connectivity index (χ2v) is 8.59. The van der Waals surface area contributed by atoms with E-state index in [4.69, 9.17) is 16.3 Å². The lowest BCUT2D eigenvalue weighted by Crippen LogP contribution is -2.23. The molecule has 156 valence electrons. The van der Waals surface area contributed by atoms with Crippen molar-refractivity contribution in [2.45, 2.75) is 18.4 Å². The minimum absolute atomic E-state index is 0.0929. The van der Waals surface area contributed by atoms with Crippen LogP contribution in [0.2, 0.25) is 5.02 Å². The van der Waals surface area contributed by atoms with Crippen LogP contribution in [0.1, 0.15) is 22.8 Å². The zero-order valence-corrected chi connectivity index (χ0v) is 17.8. The molecule has 0 aromatic heterocycles. The SMILES string of the molecule is CCOc1ccc(NC(=O)c2ccc(CNS(=O)(=O)c3cccc(Cl)c3)cc2)cc1. The molecule has 0 saturated carbocycles. The summed E-state index contributed by atoms with van der Waals surface area (Å²) in [6, 6.07) is 19.8. The third-order valence-corrected chi connectivity index (χ3v) is 5.85. The monoisotopic (exact) mass is 444 g/mol. The molecule has 0 atom stereocenters. The van der Waals surface area contributed by atoms with Gasteiger partial charge in [0.15, 0.2) is 0 Å². The van der Waals surface area contributed by atoms with Crippen molar-refractivity contribution in [1.29, 1.82) is 0 Å². The molecule has 3 aromatic carbocycles. The topological polar surface area (TPSA) is 84.5 Å². The Bertz CT molecular complexity index is 1110. The highest BCUT2D eigenvalue weighted by atomic mass is 35.5. The van der Waals surface area contributed by atoms with E-state index < -0.39 is 10.0 Å². The Balaban J connectivity index is 1.59. The summed E-state index contributed by atoms with van der Waals surface area (Å²) in [5, 5.41) is 3.16. The molecule has 8 heteroatoms. The molecule has 30 heavy (non-hydrogen) atoms. The second kappa shape index (κ2) is 9.75. The van der Waals surface area contributed by atoms with Crippen LogP contribution < -0.4 is 14.8 Å². The average molecular weight is 445 g/mol. The van der Waals surface area contributed by atoms with Crippen molar-refractivity contribution in [3.8, 4) is 5.75 Å². The Morgan fingerprint density at radius 2 is 1.70 bits per heavy atom. The fourth-order valence-electron chi connectivity index (χ4n) is 2.67. The number of rotatable bonds is 8. The molecule has 0 fully saturated rings. The lowest BCUT2D eigenvalue weighted by atomic mass is 10.1. The lowest BCUT2D eigenvalue weighted by Gasteiger charge is -2.09. The van der Waals surface area contributed by atoms with Crippen LogP contribution in [-0.2, 0) is 16.6 Å². The normalized spacial score (nSPS) is 11.1. The van der Waals surface area contributed by atoms with Gasteiger partial charge in [-0.2, -0.15) is 0 Å². The van der Waals surface area contributed by atoms with E-state index in [9.17, 15) is 13.2 Å². The van der Waals surface area contributed by atoms with Crippen LogP contribution in [0.15, 0.2) is 77.7 Å².